The predicted octanol–water partition coefficient (Wildman–Crippen LogP) is 2.36. The number of fused-ring (bicyclic) bond motifs is 1. The second-order valence-corrected chi connectivity index (χ2v) is 5.66. The quantitative estimate of drug-likeness (QED) is 0.903. The number of ether oxygens (including phenoxy) is 1. The summed E-state index contributed by atoms with van der Waals surface area (Å²) in [5.41, 5.74) is 1.03. The molecular weight excluding hydrogens is 238 g/mol. The summed E-state index contributed by atoms with van der Waals surface area (Å²) < 4.78 is 5.82. The zero-order valence-corrected chi connectivity index (χ0v) is 11.4. The van der Waals surface area contributed by atoms with Gasteiger partial charge in [0.25, 0.3) is 0 Å². The zero-order valence-electron chi connectivity index (χ0n) is 11.4. The van der Waals surface area contributed by atoms with E-state index in [1.54, 1.807) is 0 Å². The van der Waals surface area contributed by atoms with Gasteiger partial charge in [-0.1, -0.05) is 30.3 Å². The highest BCUT2D eigenvalue weighted by atomic mass is 16.5. The number of nitrogens with zero attached hydrogens (tertiary/aromatic N) is 1. The van der Waals surface area contributed by atoms with Gasteiger partial charge in [-0.3, -0.25) is 4.90 Å². The summed E-state index contributed by atoms with van der Waals surface area (Å²) in [4.78, 5) is 2.52. The average Bonchev–Trinajstić information content (AvgIpc) is 2.94. The summed E-state index contributed by atoms with van der Waals surface area (Å²) in [5, 5.41) is 10.2. The van der Waals surface area contributed by atoms with Gasteiger partial charge in [0, 0.05) is 19.1 Å². The highest BCUT2D eigenvalue weighted by molar-refractivity contribution is 5.17. The van der Waals surface area contributed by atoms with Crippen LogP contribution in [0.3, 0.4) is 0 Å². The number of aliphatic hydroxyl groups excluding tert-OH is 1. The first kappa shape index (κ1) is 13.1. The third kappa shape index (κ3) is 2.99. The van der Waals surface area contributed by atoms with Crippen LogP contribution in [0.5, 0.6) is 0 Å². The maximum Gasteiger partial charge on any atom is 0.0802 e. The fourth-order valence-corrected chi connectivity index (χ4v) is 3.41. The van der Waals surface area contributed by atoms with Crippen molar-refractivity contribution in [1.29, 1.82) is 0 Å². The molecule has 1 saturated carbocycles. The van der Waals surface area contributed by atoms with Crippen molar-refractivity contribution in [2.45, 2.75) is 43.9 Å². The number of aliphatic hydroxyl groups is 1. The third-order valence-corrected chi connectivity index (χ3v) is 4.47. The minimum atomic E-state index is -0.344. The molecule has 1 aliphatic heterocycles. The molecule has 0 aromatic heterocycles. The Balaban J connectivity index is 1.54. The second-order valence-electron chi connectivity index (χ2n) is 5.66. The summed E-state index contributed by atoms with van der Waals surface area (Å²) >= 11 is 0. The molecule has 3 heteroatoms. The standard InChI is InChI=1S/C16H23NO2/c18-15(13-5-2-1-3-6-13)9-10-17-11-12-19-16-8-4-7-14(16)17/h1-3,5-6,14-16,18H,4,7-12H2. The van der Waals surface area contributed by atoms with Gasteiger partial charge >= 0.3 is 0 Å². The number of hydrogen-bond donors (Lipinski definition) is 1. The van der Waals surface area contributed by atoms with E-state index < -0.39 is 0 Å². The Morgan fingerprint density at radius 3 is 2.95 bits per heavy atom. The van der Waals surface area contributed by atoms with E-state index in [0.29, 0.717) is 12.1 Å². The Bertz CT molecular complexity index is 395. The smallest absolute Gasteiger partial charge is 0.0802 e. The van der Waals surface area contributed by atoms with Crippen LogP contribution in [0.1, 0.15) is 37.4 Å². The van der Waals surface area contributed by atoms with Gasteiger partial charge in [-0.2, -0.15) is 0 Å². The van der Waals surface area contributed by atoms with E-state index in [2.05, 4.69) is 4.90 Å². The maximum absolute atomic E-state index is 10.2. The minimum absolute atomic E-state index is 0.344. The first-order chi connectivity index (χ1) is 9.34. The summed E-state index contributed by atoms with van der Waals surface area (Å²) in [6, 6.07) is 10.6. The molecule has 104 valence electrons. The molecule has 1 saturated heterocycles. The lowest BCUT2D eigenvalue weighted by Crippen LogP contribution is -2.48. The molecule has 1 N–H and O–H groups in total. The lowest BCUT2D eigenvalue weighted by molar-refractivity contribution is -0.0587. The Hall–Kier alpha value is -0.900. The molecule has 0 bridgehead atoms. The summed E-state index contributed by atoms with van der Waals surface area (Å²) in [5.74, 6) is 0. The monoisotopic (exact) mass is 261 g/mol. The average molecular weight is 261 g/mol. The molecule has 0 spiro atoms. The summed E-state index contributed by atoms with van der Waals surface area (Å²) in [7, 11) is 0. The summed E-state index contributed by atoms with van der Waals surface area (Å²) in [6.45, 7) is 2.84. The lowest BCUT2D eigenvalue weighted by atomic mass is 10.0. The molecule has 1 aliphatic carbocycles. The van der Waals surface area contributed by atoms with Gasteiger partial charge in [0.05, 0.1) is 18.8 Å². The minimum Gasteiger partial charge on any atom is -0.388 e. The number of benzene rings is 1. The fraction of sp³-hybridized carbons (Fsp3) is 0.625. The van der Waals surface area contributed by atoms with Gasteiger partial charge < -0.3 is 9.84 Å². The Kier molecular flexibility index (Phi) is 4.16. The topological polar surface area (TPSA) is 32.7 Å². The molecule has 1 aromatic carbocycles. The molecule has 19 heavy (non-hydrogen) atoms. The molecule has 1 aromatic rings. The van der Waals surface area contributed by atoms with Crippen LogP contribution in [-0.4, -0.2) is 41.8 Å². The van der Waals surface area contributed by atoms with Gasteiger partial charge in [0.1, 0.15) is 0 Å². The van der Waals surface area contributed by atoms with Crippen molar-refractivity contribution in [1.82, 2.24) is 4.90 Å². The van der Waals surface area contributed by atoms with Crippen molar-refractivity contribution >= 4 is 0 Å². The van der Waals surface area contributed by atoms with Crippen LogP contribution in [0.15, 0.2) is 30.3 Å². The Morgan fingerprint density at radius 1 is 1.26 bits per heavy atom. The van der Waals surface area contributed by atoms with Crippen LogP contribution >= 0.6 is 0 Å². The van der Waals surface area contributed by atoms with Crippen LogP contribution in [0.25, 0.3) is 0 Å². The maximum atomic E-state index is 10.2. The highest BCUT2D eigenvalue weighted by Crippen LogP contribution is 2.30. The van der Waals surface area contributed by atoms with Crippen molar-refractivity contribution in [2.75, 3.05) is 19.7 Å². The van der Waals surface area contributed by atoms with E-state index in [4.69, 9.17) is 4.74 Å². The Labute approximate surface area is 115 Å². The molecule has 3 unspecified atom stereocenters. The highest BCUT2D eigenvalue weighted by Gasteiger charge is 2.35. The number of rotatable bonds is 4. The van der Waals surface area contributed by atoms with Crippen molar-refractivity contribution in [3.63, 3.8) is 0 Å². The van der Waals surface area contributed by atoms with E-state index in [1.165, 1.54) is 19.3 Å². The SMILES string of the molecule is OC(CCN1CCOC2CCCC21)c1ccccc1. The van der Waals surface area contributed by atoms with Crippen LogP contribution in [-0.2, 0) is 4.74 Å². The van der Waals surface area contributed by atoms with E-state index in [9.17, 15) is 5.11 Å². The van der Waals surface area contributed by atoms with Crippen molar-refractivity contribution < 1.29 is 9.84 Å². The van der Waals surface area contributed by atoms with Gasteiger partial charge in [-0.05, 0) is 31.2 Å². The first-order valence-corrected chi connectivity index (χ1v) is 7.43. The molecule has 0 amide bonds. The van der Waals surface area contributed by atoms with Crippen LogP contribution < -0.4 is 0 Å². The number of morpholine rings is 1. The van der Waals surface area contributed by atoms with E-state index in [1.807, 2.05) is 30.3 Å². The van der Waals surface area contributed by atoms with Gasteiger partial charge in [-0.25, -0.2) is 0 Å². The molecule has 3 rings (SSSR count). The van der Waals surface area contributed by atoms with Gasteiger partial charge in [0.15, 0.2) is 0 Å². The van der Waals surface area contributed by atoms with Gasteiger partial charge in [0.2, 0.25) is 0 Å². The molecule has 3 atom stereocenters. The van der Waals surface area contributed by atoms with Crippen LogP contribution in [0.2, 0.25) is 0 Å². The molecule has 1 heterocycles. The van der Waals surface area contributed by atoms with Crippen molar-refractivity contribution in [3.05, 3.63) is 35.9 Å². The normalized spacial score (nSPS) is 29.1. The van der Waals surface area contributed by atoms with E-state index >= 15 is 0 Å². The summed E-state index contributed by atoms with van der Waals surface area (Å²) in [6.07, 6.45) is 4.67. The third-order valence-electron chi connectivity index (χ3n) is 4.47. The van der Waals surface area contributed by atoms with E-state index in [0.717, 1.165) is 31.7 Å². The number of hydrogen-bond acceptors (Lipinski definition) is 3. The van der Waals surface area contributed by atoms with Crippen molar-refractivity contribution in [3.8, 4) is 0 Å². The van der Waals surface area contributed by atoms with Crippen molar-refractivity contribution in [2.24, 2.45) is 0 Å². The molecule has 0 radical (unpaired) electrons. The van der Waals surface area contributed by atoms with Crippen LogP contribution in [0, 0.1) is 0 Å². The molecular formula is C16H23NO2. The molecule has 2 aliphatic rings. The fourth-order valence-electron chi connectivity index (χ4n) is 3.41. The first-order valence-electron chi connectivity index (χ1n) is 7.43. The van der Waals surface area contributed by atoms with Gasteiger partial charge in [-0.15, -0.1) is 0 Å². The van der Waals surface area contributed by atoms with Crippen LogP contribution in [0.4, 0.5) is 0 Å². The Morgan fingerprint density at radius 2 is 2.11 bits per heavy atom. The predicted molar refractivity (Wildman–Crippen MR) is 75.0 cm³/mol. The zero-order chi connectivity index (χ0) is 13.1. The molecule has 2 fully saturated rings. The van der Waals surface area contributed by atoms with E-state index in [-0.39, 0.29) is 6.10 Å². The molecule has 3 nitrogen and oxygen atoms in total. The lowest BCUT2D eigenvalue weighted by Gasteiger charge is -2.38. The second kappa shape index (κ2) is 6.04. The largest absolute Gasteiger partial charge is 0.388 e.